The fourth-order valence-electron chi connectivity index (χ4n) is 3.12. The molecule has 1 aliphatic rings. The molecule has 0 bridgehead atoms. The van der Waals surface area contributed by atoms with Gasteiger partial charge in [0.1, 0.15) is 11.5 Å². The van der Waals surface area contributed by atoms with Crippen LogP contribution in [0.5, 0.6) is 0 Å². The monoisotopic (exact) mass is 383 g/mol. The highest BCUT2D eigenvalue weighted by Crippen LogP contribution is 2.23. The van der Waals surface area contributed by atoms with Crippen LogP contribution in [0.1, 0.15) is 18.1 Å². The van der Waals surface area contributed by atoms with E-state index in [1.807, 2.05) is 24.5 Å². The van der Waals surface area contributed by atoms with Crippen LogP contribution in [0.3, 0.4) is 0 Å². The Balaban J connectivity index is 1.48. The van der Waals surface area contributed by atoms with Crippen LogP contribution in [-0.2, 0) is 6.42 Å². The van der Waals surface area contributed by atoms with Crippen LogP contribution in [0.25, 0.3) is 11.0 Å². The number of dihydropyridines is 1. The molecule has 4 heterocycles. The summed E-state index contributed by atoms with van der Waals surface area (Å²) < 4.78 is 14.5. The van der Waals surface area contributed by atoms with Crippen LogP contribution in [0, 0.1) is 5.95 Å². The second-order valence-electron chi connectivity index (χ2n) is 6.57. The van der Waals surface area contributed by atoms with Gasteiger partial charge in [-0.1, -0.05) is 23.7 Å². The number of halogens is 2. The van der Waals surface area contributed by atoms with Crippen molar-refractivity contribution in [3.05, 3.63) is 76.6 Å². The van der Waals surface area contributed by atoms with E-state index in [4.69, 9.17) is 11.6 Å². The number of hydrogen-bond acceptors (Lipinski definition) is 4. The molecular weight excluding hydrogens is 365 g/mol. The molecule has 0 saturated carbocycles. The van der Waals surface area contributed by atoms with Gasteiger partial charge in [-0.15, -0.1) is 0 Å². The van der Waals surface area contributed by atoms with Gasteiger partial charge < -0.3 is 15.6 Å². The topological polar surface area (TPSA) is 65.6 Å². The zero-order valence-corrected chi connectivity index (χ0v) is 15.5. The Kier molecular flexibility index (Phi) is 4.81. The second-order valence-corrected chi connectivity index (χ2v) is 7.01. The Morgan fingerprint density at radius 3 is 3.00 bits per heavy atom. The van der Waals surface area contributed by atoms with E-state index in [0.29, 0.717) is 29.4 Å². The summed E-state index contributed by atoms with van der Waals surface area (Å²) in [5.74, 6) is 0.0351. The lowest BCUT2D eigenvalue weighted by atomic mass is 10.1. The summed E-state index contributed by atoms with van der Waals surface area (Å²) in [6.45, 7) is 2.67. The van der Waals surface area contributed by atoms with E-state index in [1.165, 1.54) is 0 Å². The quantitative estimate of drug-likeness (QED) is 0.578. The third kappa shape index (κ3) is 3.95. The first kappa shape index (κ1) is 17.5. The number of H-pyrrole nitrogens is 1. The first-order chi connectivity index (χ1) is 13.1. The largest absolute Gasteiger partial charge is 0.385 e. The van der Waals surface area contributed by atoms with Gasteiger partial charge in [0, 0.05) is 42.4 Å². The van der Waals surface area contributed by atoms with E-state index >= 15 is 0 Å². The van der Waals surface area contributed by atoms with Gasteiger partial charge in [0.15, 0.2) is 0 Å². The lowest BCUT2D eigenvalue weighted by molar-refractivity contribution is 0.572. The summed E-state index contributed by atoms with van der Waals surface area (Å²) in [7, 11) is 0. The number of rotatable bonds is 5. The zero-order valence-electron chi connectivity index (χ0n) is 14.8. The molecule has 3 aromatic rings. The molecule has 0 saturated heterocycles. The fraction of sp³-hybridized carbons (Fsp3) is 0.200. The van der Waals surface area contributed by atoms with Gasteiger partial charge in [-0.3, -0.25) is 0 Å². The number of aromatic nitrogens is 3. The maximum atomic E-state index is 14.5. The molecule has 1 aliphatic heterocycles. The minimum atomic E-state index is -0.479. The van der Waals surface area contributed by atoms with Crippen molar-refractivity contribution in [2.45, 2.75) is 19.4 Å². The van der Waals surface area contributed by atoms with Crippen molar-refractivity contribution in [2.24, 2.45) is 0 Å². The molecule has 1 atom stereocenters. The minimum Gasteiger partial charge on any atom is -0.385 e. The third-order valence-corrected chi connectivity index (χ3v) is 4.69. The normalized spacial score (nSPS) is 16.3. The van der Waals surface area contributed by atoms with E-state index in [1.54, 1.807) is 18.3 Å². The molecule has 7 heteroatoms. The molecule has 0 fully saturated rings. The maximum absolute atomic E-state index is 14.5. The average molecular weight is 384 g/mol. The summed E-state index contributed by atoms with van der Waals surface area (Å²) in [4.78, 5) is 11.4. The fourth-order valence-corrected chi connectivity index (χ4v) is 3.28. The van der Waals surface area contributed by atoms with Crippen LogP contribution in [0.4, 0.5) is 10.2 Å². The van der Waals surface area contributed by atoms with Gasteiger partial charge >= 0.3 is 0 Å². The number of nitrogens with zero attached hydrogens (tertiary/aromatic N) is 2. The molecule has 138 valence electrons. The van der Waals surface area contributed by atoms with Crippen molar-refractivity contribution >= 4 is 28.5 Å². The van der Waals surface area contributed by atoms with Crippen LogP contribution in [0.2, 0.25) is 5.02 Å². The zero-order chi connectivity index (χ0) is 18.8. The standard InChI is InChI=1S/C20H19ClFN5/c1-12-6-13(4-5-23-12)9-24-18-3-2-14(19(22)27-18)7-15-10-25-20-17(15)8-16(21)11-26-20/h2-6,8,10-12,23H,7,9H2,1H3,(H,24,27)(H,25,26). The Bertz CT molecular complexity index is 1040. The van der Waals surface area contributed by atoms with Gasteiger partial charge in [-0.25, -0.2) is 9.97 Å². The van der Waals surface area contributed by atoms with Crippen LogP contribution < -0.4 is 10.6 Å². The molecule has 27 heavy (non-hydrogen) atoms. The average Bonchev–Trinajstić information content (AvgIpc) is 3.04. The van der Waals surface area contributed by atoms with Gasteiger partial charge in [0.25, 0.3) is 0 Å². The lowest BCUT2D eigenvalue weighted by Gasteiger charge is -2.15. The molecule has 0 aliphatic carbocycles. The van der Waals surface area contributed by atoms with Crippen molar-refractivity contribution in [2.75, 3.05) is 11.9 Å². The molecule has 3 N–H and O–H groups in total. The Morgan fingerprint density at radius 1 is 1.30 bits per heavy atom. The predicted octanol–water partition coefficient (Wildman–Crippen LogP) is 4.18. The summed E-state index contributed by atoms with van der Waals surface area (Å²) in [5.41, 5.74) is 3.32. The van der Waals surface area contributed by atoms with E-state index in [-0.39, 0.29) is 6.04 Å². The molecule has 5 nitrogen and oxygen atoms in total. The molecule has 1 unspecified atom stereocenters. The van der Waals surface area contributed by atoms with Crippen molar-refractivity contribution in [3.8, 4) is 0 Å². The van der Waals surface area contributed by atoms with E-state index in [2.05, 4.69) is 38.6 Å². The maximum Gasteiger partial charge on any atom is 0.218 e. The molecule has 3 aromatic heterocycles. The molecule has 4 rings (SSSR count). The van der Waals surface area contributed by atoms with Gasteiger partial charge in [-0.2, -0.15) is 4.39 Å². The molecule has 0 amide bonds. The minimum absolute atomic E-state index is 0.290. The summed E-state index contributed by atoms with van der Waals surface area (Å²) in [5, 5.41) is 7.80. The van der Waals surface area contributed by atoms with Crippen molar-refractivity contribution < 1.29 is 4.39 Å². The Labute approximate surface area is 161 Å². The second kappa shape index (κ2) is 7.40. The van der Waals surface area contributed by atoms with E-state index in [0.717, 1.165) is 22.2 Å². The molecule has 0 radical (unpaired) electrons. The molecule has 0 aromatic carbocycles. The molecular formula is C20H19ClFN5. The molecule has 0 spiro atoms. The van der Waals surface area contributed by atoms with Crippen molar-refractivity contribution in [1.29, 1.82) is 0 Å². The van der Waals surface area contributed by atoms with Crippen molar-refractivity contribution in [1.82, 2.24) is 20.3 Å². The Morgan fingerprint density at radius 2 is 2.19 bits per heavy atom. The Hall–Kier alpha value is -2.86. The summed E-state index contributed by atoms with van der Waals surface area (Å²) >= 11 is 6.03. The third-order valence-electron chi connectivity index (χ3n) is 4.48. The van der Waals surface area contributed by atoms with Crippen molar-refractivity contribution in [3.63, 3.8) is 0 Å². The summed E-state index contributed by atoms with van der Waals surface area (Å²) in [6.07, 6.45) is 9.86. The highest BCUT2D eigenvalue weighted by molar-refractivity contribution is 6.31. The number of nitrogens with one attached hydrogen (secondary N) is 3. The van der Waals surface area contributed by atoms with Gasteiger partial charge in [0.2, 0.25) is 5.95 Å². The number of fused-ring (bicyclic) bond motifs is 1. The number of pyridine rings is 2. The van der Waals surface area contributed by atoms with E-state index in [9.17, 15) is 4.39 Å². The first-order valence-electron chi connectivity index (χ1n) is 8.72. The number of anilines is 1. The number of aromatic amines is 1. The number of hydrogen-bond donors (Lipinski definition) is 3. The van der Waals surface area contributed by atoms with E-state index < -0.39 is 5.95 Å². The highest BCUT2D eigenvalue weighted by atomic mass is 35.5. The highest BCUT2D eigenvalue weighted by Gasteiger charge is 2.11. The smallest absolute Gasteiger partial charge is 0.218 e. The van der Waals surface area contributed by atoms with Crippen LogP contribution in [0.15, 0.2) is 54.5 Å². The first-order valence-corrected chi connectivity index (χ1v) is 9.10. The van der Waals surface area contributed by atoms with Crippen LogP contribution in [-0.4, -0.2) is 27.5 Å². The van der Waals surface area contributed by atoms with Crippen LogP contribution >= 0.6 is 11.6 Å². The van der Waals surface area contributed by atoms with Gasteiger partial charge in [0.05, 0.1) is 5.02 Å². The lowest BCUT2D eigenvalue weighted by Crippen LogP contribution is -2.22. The SMILES string of the molecule is CC1C=C(CNc2ccc(Cc3c[nH]c4ncc(Cl)cc34)c(F)n2)C=CN1. The van der Waals surface area contributed by atoms with Gasteiger partial charge in [-0.05, 0) is 42.5 Å². The predicted molar refractivity (Wildman–Crippen MR) is 106 cm³/mol. The summed E-state index contributed by atoms with van der Waals surface area (Å²) in [6, 6.07) is 5.68.